The predicted octanol–water partition coefficient (Wildman–Crippen LogP) is 3.61. The van der Waals surface area contributed by atoms with Crippen LogP contribution in [0.1, 0.15) is 30.7 Å². The van der Waals surface area contributed by atoms with Crippen LogP contribution < -0.4 is 4.74 Å². The molecule has 4 nitrogen and oxygen atoms in total. The molecule has 0 spiro atoms. The van der Waals surface area contributed by atoms with Crippen LogP contribution in [0.2, 0.25) is 0 Å². The average molecular weight is 346 g/mol. The van der Waals surface area contributed by atoms with Crippen molar-refractivity contribution >= 4 is 21.6 Å². The Morgan fingerprint density at radius 1 is 1.17 bits per heavy atom. The van der Waals surface area contributed by atoms with Crippen molar-refractivity contribution in [1.29, 1.82) is 0 Å². The summed E-state index contributed by atoms with van der Waals surface area (Å²) >= 11 is 1.81. The Balaban J connectivity index is 1.34. The molecule has 5 heteroatoms. The van der Waals surface area contributed by atoms with Gasteiger partial charge in [-0.15, -0.1) is 11.3 Å². The van der Waals surface area contributed by atoms with Crippen molar-refractivity contribution in [2.45, 2.75) is 32.2 Å². The number of aromatic nitrogens is 1. The number of hydrogen-bond acceptors (Lipinski definition) is 5. The van der Waals surface area contributed by atoms with Crippen LogP contribution in [0.25, 0.3) is 10.2 Å². The third-order valence-corrected chi connectivity index (χ3v) is 6.34. The zero-order chi connectivity index (χ0) is 16.4. The molecular weight excluding hydrogens is 318 g/mol. The number of methoxy groups -OCH3 is 1. The lowest BCUT2D eigenvalue weighted by atomic mass is 10.1. The summed E-state index contributed by atoms with van der Waals surface area (Å²) in [4.78, 5) is 10.1. The molecule has 2 aliphatic heterocycles. The van der Waals surface area contributed by atoms with Gasteiger partial charge in [-0.3, -0.25) is 4.90 Å². The van der Waals surface area contributed by atoms with Gasteiger partial charge in [0.05, 0.1) is 23.9 Å². The molecule has 2 aliphatic rings. The minimum absolute atomic E-state index is 0.845. The minimum atomic E-state index is 0.845. The molecule has 2 aromatic rings. The molecular formula is C19H27N3OS. The van der Waals surface area contributed by atoms with Gasteiger partial charge in [-0.1, -0.05) is 6.42 Å². The number of benzene rings is 1. The molecule has 0 radical (unpaired) electrons. The zero-order valence-electron chi connectivity index (χ0n) is 14.5. The minimum Gasteiger partial charge on any atom is -0.497 e. The third kappa shape index (κ3) is 3.73. The van der Waals surface area contributed by atoms with Gasteiger partial charge in [-0.2, -0.15) is 0 Å². The van der Waals surface area contributed by atoms with Crippen molar-refractivity contribution in [2.24, 2.45) is 5.92 Å². The molecule has 0 bridgehead atoms. The SMILES string of the molecule is COc1ccc2nc(CN3CCC(CN4CCCCC4)C3)sc2c1. The first-order valence-corrected chi connectivity index (χ1v) is 10.00. The number of rotatable bonds is 5. The Morgan fingerprint density at radius 3 is 2.88 bits per heavy atom. The fourth-order valence-electron chi connectivity index (χ4n) is 4.05. The summed E-state index contributed by atoms with van der Waals surface area (Å²) < 4.78 is 6.55. The maximum atomic E-state index is 5.32. The molecule has 2 saturated heterocycles. The lowest BCUT2D eigenvalue weighted by molar-refractivity contribution is 0.193. The quantitative estimate of drug-likeness (QED) is 0.828. The molecule has 1 unspecified atom stereocenters. The molecule has 130 valence electrons. The Labute approximate surface area is 148 Å². The Bertz CT molecular complexity index is 680. The van der Waals surface area contributed by atoms with Gasteiger partial charge >= 0.3 is 0 Å². The zero-order valence-corrected chi connectivity index (χ0v) is 15.4. The van der Waals surface area contributed by atoms with Crippen LogP contribution in [-0.4, -0.2) is 54.6 Å². The predicted molar refractivity (Wildman–Crippen MR) is 99.8 cm³/mol. The standard InChI is InChI=1S/C19H27N3OS/c1-23-16-5-6-17-18(11-16)24-19(20-17)14-22-10-7-15(13-22)12-21-8-3-2-4-9-21/h5-6,11,15H,2-4,7-10,12-14H2,1H3. The van der Waals surface area contributed by atoms with Crippen LogP contribution in [-0.2, 0) is 6.54 Å². The molecule has 1 aromatic heterocycles. The van der Waals surface area contributed by atoms with E-state index in [-0.39, 0.29) is 0 Å². The van der Waals surface area contributed by atoms with Gasteiger partial charge in [0.25, 0.3) is 0 Å². The summed E-state index contributed by atoms with van der Waals surface area (Å²) in [6, 6.07) is 6.16. The van der Waals surface area contributed by atoms with Gasteiger partial charge in [-0.25, -0.2) is 4.98 Å². The summed E-state index contributed by atoms with van der Waals surface area (Å²) in [5.41, 5.74) is 1.10. The fraction of sp³-hybridized carbons (Fsp3) is 0.632. The average Bonchev–Trinajstić information content (AvgIpc) is 3.21. The van der Waals surface area contributed by atoms with Crippen LogP contribution in [0.5, 0.6) is 5.75 Å². The molecule has 24 heavy (non-hydrogen) atoms. The molecule has 0 amide bonds. The van der Waals surface area contributed by atoms with E-state index in [9.17, 15) is 0 Å². The first-order chi connectivity index (χ1) is 11.8. The van der Waals surface area contributed by atoms with Gasteiger partial charge in [-0.05, 0) is 63.0 Å². The van der Waals surface area contributed by atoms with E-state index in [1.165, 1.54) is 68.1 Å². The highest BCUT2D eigenvalue weighted by molar-refractivity contribution is 7.18. The smallest absolute Gasteiger partial charge is 0.120 e. The molecule has 0 aliphatic carbocycles. The third-order valence-electron chi connectivity index (χ3n) is 5.33. The number of ether oxygens (including phenoxy) is 1. The van der Waals surface area contributed by atoms with Crippen LogP contribution in [0, 0.1) is 5.92 Å². The summed E-state index contributed by atoms with van der Waals surface area (Å²) in [7, 11) is 1.72. The topological polar surface area (TPSA) is 28.6 Å². The molecule has 1 atom stereocenters. The van der Waals surface area contributed by atoms with Crippen molar-refractivity contribution in [2.75, 3.05) is 39.8 Å². The number of hydrogen-bond donors (Lipinski definition) is 0. The van der Waals surface area contributed by atoms with Crippen LogP contribution in [0.3, 0.4) is 0 Å². The second kappa shape index (κ2) is 7.38. The van der Waals surface area contributed by atoms with E-state index < -0.39 is 0 Å². The van der Waals surface area contributed by atoms with Gasteiger partial charge in [0, 0.05) is 13.1 Å². The first kappa shape index (κ1) is 16.3. The van der Waals surface area contributed by atoms with E-state index in [0.717, 1.165) is 23.7 Å². The van der Waals surface area contributed by atoms with Crippen molar-refractivity contribution in [1.82, 2.24) is 14.8 Å². The summed E-state index contributed by atoms with van der Waals surface area (Å²) in [6.45, 7) is 7.38. The first-order valence-electron chi connectivity index (χ1n) is 9.18. The number of fused-ring (bicyclic) bond motifs is 1. The lowest BCUT2D eigenvalue weighted by Crippen LogP contribution is -2.35. The van der Waals surface area contributed by atoms with Crippen molar-refractivity contribution in [3.05, 3.63) is 23.2 Å². The van der Waals surface area contributed by atoms with Crippen LogP contribution in [0.4, 0.5) is 0 Å². The van der Waals surface area contributed by atoms with E-state index in [1.54, 1.807) is 7.11 Å². The molecule has 0 N–H and O–H groups in total. The summed E-state index contributed by atoms with van der Waals surface area (Å²) in [5.74, 6) is 1.76. The second-order valence-electron chi connectivity index (χ2n) is 7.19. The Morgan fingerprint density at radius 2 is 2.04 bits per heavy atom. The number of thiazole rings is 1. The highest BCUT2D eigenvalue weighted by atomic mass is 32.1. The highest BCUT2D eigenvalue weighted by Gasteiger charge is 2.25. The Hall–Kier alpha value is -1.17. The molecule has 3 heterocycles. The van der Waals surface area contributed by atoms with E-state index in [2.05, 4.69) is 21.9 Å². The molecule has 0 saturated carbocycles. The fourth-order valence-corrected chi connectivity index (χ4v) is 5.09. The van der Waals surface area contributed by atoms with Gasteiger partial charge in [0.1, 0.15) is 10.8 Å². The number of nitrogens with zero attached hydrogens (tertiary/aromatic N) is 3. The van der Waals surface area contributed by atoms with Crippen molar-refractivity contribution in [3.8, 4) is 5.75 Å². The van der Waals surface area contributed by atoms with Crippen molar-refractivity contribution < 1.29 is 4.74 Å². The van der Waals surface area contributed by atoms with E-state index in [0.29, 0.717) is 0 Å². The maximum Gasteiger partial charge on any atom is 0.120 e. The lowest BCUT2D eigenvalue weighted by Gasteiger charge is -2.29. The van der Waals surface area contributed by atoms with E-state index in [1.807, 2.05) is 17.4 Å². The van der Waals surface area contributed by atoms with Gasteiger partial charge in [0.2, 0.25) is 0 Å². The number of likely N-dealkylation sites (tertiary alicyclic amines) is 2. The normalized spacial score (nSPS) is 23.1. The van der Waals surface area contributed by atoms with Crippen LogP contribution in [0.15, 0.2) is 18.2 Å². The highest BCUT2D eigenvalue weighted by Crippen LogP contribution is 2.28. The molecule has 4 rings (SSSR count). The van der Waals surface area contributed by atoms with Crippen molar-refractivity contribution in [3.63, 3.8) is 0 Å². The van der Waals surface area contributed by atoms with E-state index >= 15 is 0 Å². The number of piperidine rings is 1. The monoisotopic (exact) mass is 345 g/mol. The summed E-state index contributed by atoms with van der Waals surface area (Å²) in [5, 5.41) is 1.23. The van der Waals surface area contributed by atoms with Crippen LogP contribution >= 0.6 is 11.3 Å². The van der Waals surface area contributed by atoms with E-state index in [4.69, 9.17) is 9.72 Å². The maximum absolute atomic E-state index is 5.32. The van der Waals surface area contributed by atoms with Gasteiger partial charge < -0.3 is 9.64 Å². The second-order valence-corrected chi connectivity index (χ2v) is 8.31. The molecule has 1 aromatic carbocycles. The molecule has 2 fully saturated rings. The van der Waals surface area contributed by atoms with Gasteiger partial charge in [0.15, 0.2) is 0 Å². The largest absolute Gasteiger partial charge is 0.497 e. The Kier molecular flexibility index (Phi) is 5.01. The summed E-state index contributed by atoms with van der Waals surface area (Å²) in [6.07, 6.45) is 5.56.